The van der Waals surface area contributed by atoms with E-state index in [9.17, 15) is 13.2 Å². The summed E-state index contributed by atoms with van der Waals surface area (Å²) >= 11 is 8.89. The topological polar surface area (TPSA) is 88.2 Å². The van der Waals surface area contributed by atoms with Crippen LogP contribution < -0.4 is 10.0 Å². The normalized spacial score (nSPS) is 11.7. The molecule has 6 nitrogen and oxygen atoms in total. The lowest BCUT2D eigenvalue weighted by atomic mass is 10.1. The highest BCUT2D eigenvalue weighted by Gasteiger charge is 2.16. The summed E-state index contributed by atoms with van der Waals surface area (Å²) in [5, 5.41) is 5.56. The van der Waals surface area contributed by atoms with Crippen LogP contribution in [0.15, 0.2) is 41.8 Å². The summed E-state index contributed by atoms with van der Waals surface area (Å²) in [7, 11) is -3.45. The number of thiophene rings is 1. The minimum atomic E-state index is -3.45. The van der Waals surface area contributed by atoms with Crippen LogP contribution >= 0.6 is 34.3 Å². The van der Waals surface area contributed by atoms with Gasteiger partial charge in [0.1, 0.15) is 5.01 Å². The molecule has 1 aromatic carbocycles. The van der Waals surface area contributed by atoms with Crippen LogP contribution in [-0.2, 0) is 33.5 Å². The maximum atomic E-state index is 12.4. The molecule has 0 radical (unpaired) electrons. The number of hydrogen-bond donors (Lipinski definition) is 2. The Kier molecular flexibility index (Phi) is 7.65. The Morgan fingerprint density at radius 3 is 2.57 bits per heavy atom. The van der Waals surface area contributed by atoms with Crippen molar-refractivity contribution < 1.29 is 13.2 Å². The number of carbonyl (C=O) groups is 1. The summed E-state index contributed by atoms with van der Waals surface area (Å²) < 4.78 is 27.8. The molecule has 0 aliphatic rings. The second-order valence-corrected chi connectivity index (χ2v) is 11.3. The van der Waals surface area contributed by atoms with E-state index in [0.717, 1.165) is 15.4 Å². The third kappa shape index (κ3) is 6.61. The standard InChI is InChI=1S/C20H22ClN3O3S3/c1-13(2)24-30(26,27)12-15-6-4-3-5-14(15)10-22-19(25)9-16-11-28-20(23-16)17-7-8-18(21)29-17/h3-8,11,13,24H,9-10,12H2,1-2H3,(H,22,25). The molecule has 0 aliphatic carbocycles. The third-order valence-electron chi connectivity index (χ3n) is 4.03. The first kappa shape index (κ1) is 22.9. The number of halogens is 1. The van der Waals surface area contributed by atoms with E-state index in [1.165, 1.54) is 22.7 Å². The minimum absolute atomic E-state index is 0.129. The van der Waals surface area contributed by atoms with E-state index in [-0.39, 0.29) is 30.7 Å². The number of aromatic nitrogens is 1. The maximum absolute atomic E-state index is 12.4. The van der Waals surface area contributed by atoms with Gasteiger partial charge < -0.3 is 5.32 Å². The second kappa shape index (κ2) is 10.0. The van der Waals surface area contributed by atoms with Gasteiger partial charge in [-0.15, -0.1) is 22.7 Å². The second-order valence-electron chi connectivity index (χ2n) is 7.00. The first-order valence-corrected chi connectivity index (χ1v) is 13.0. The number of carbonyl (C=O) groups excluding carboxylic acids is 1. The van der Waals surface area contributed by atoms with Crippen LogP contribution in [0.1, 0.15) is 30.7 Å². The molecule has 0 spiro atoms. The predicted octanol–water partition coefficient (Wildman–Crippen LogP) is 4.21. The van der Waals surface area contributed by atoms with Gasteiger partial charge in [-0.3, -0.25) is 4.79 Å². The molecule has 3 aromatic rings. The number of sulfonamides is 1. The number of amides is 1. The monoisotopic (exact) mass is 483 g/mol. The third-order valence-corrected chi connectivity index (χ3v) is 7.85. The Balaban J connectivity index is 1.60. The van der Waals surface area contributed by atoms with E-state index in [4.69, 9.17) is 11.6 Å². The molecule has 160 valence electrons. The lowest BCUT2D eigenvalue weighted by molar-refractivity contribution is -0.120. The van der Waals surface area contributed by atoms with Crippen molar-refractivity contribution in [1.82, 2.24) is 15.0 Å². The van der Waals surface area contributed by atoms with Gasteiger partial charge in [-0.2, -0.15) is 0 Å². The van der Waals surface area contributed by atoms with E-state index in [0.29, 0.717) is 15.6 Å². The Bertz CT molecular complexity index is 1120. The first-order valence-electron chi connectivity index (χ1n) is 9.25. The van der Waals surface area contributed by atoms with Crippen molar-refractivity contribution in [2.24, 2.45) is 0 Å². The molecule has 3 rings (SSSR count). The van der Waals surface area contributed by atoms with E-state index >= 15 is 0 Å². The molecule has 0 saturated heterocycles. The number of thiazole rings is 1. The highest BCUT2D eigenvalue weighted by Crippen LogP contribution is 2.32. The van der Waals surface area contributed by atoms with Gasteiger partial charge >= 0.3 is 0 Å². The molecule has 0 fully saturated rings. The fourth-order valence-corrected chi connectivity index (χ4v) is 6.26. The molecule has 0 atom stereocenters. The van der Waals surface area contributed by atoms with Crippen LogP contribution in [0.3, 0.4) is 0 Å². The maximum Gasteiger partial charge on any atom is 0.226 e. The van der Waals surface area contributed by atoms with E-state index < -0.39 is 10.0 Å². The van der Waals surface area contributed by atoms with Crippen molar-refractivity contribution in [2.45, 2.75) is 38.6 Å². The van der Waals surface area contributed by atoms with Crippen molar-refractivity contribution in [1.29, 1.82) is 0 Å². The number of rotatable bonds is 9. The van der Waals surface area contributed by atoms with Gasteiger partial charge in [0.25, 0.3) is 0 Å². The van der Waals surface area contributed by atoms with Crippen molar-refractivity contribution in [3.8, 4) is 9.88 Å². The Morgan fingerprint density at radius 1 is 1.17 bits per heavy atom. The molecular formula is C20H22ClN3O3S3. The lowest BCUT2D eigenvalue weighted by Crippen LogP contribution is -2.32. The highest BCUT2D eigenvalue weighted by atomic mass is 35.5. The summed E-state index contributed by atoms with van der Waals surface area (Å²) in [4.78, 5) is 17.9. The molecule has 0 unspecified atom stereocenters. The van der Waals surface area contributed by atoms with Gasteiger partial charge in [0, 0.05) is 18.0 Å². The largest absolute Gasteiger partial charge is 0.352 e. The van der Waals surface area contributed by atoms with Crippen LogP contribution in [0.2, 0.25) is 4.34 Å². The molecule has 10 heteroatoms. The van der Waals surface area contributed by atoms with Gasteiger partial charge in [-0.05, 0) is 37.1 Å². The summed E-state index contributed by atoms with van der Waals surface area (Å²) in [6.45, 7) is 3.81. The zero-order chi connectivity index (χ0) is 21.7. The number of nitrogens with zero attached hydrogens (tertiary/aromatic N) is 1. The first-order chi connectivity index (χ1) is 14.2. The van der Waals surface area contributed by atoms with E-state index in [2.05, 4.69) is 15.0 Å². The molecule has 0 bridgehead atoms. The Hall–Kier alpha value is -1.78. The van der Waals surface area contributed by atoms with Crippen LogP contribution in [0.25, 0.3) is 9.88 Å². The molecule has 1 amide bonds. The summed E-state index contributed by atoms with van der Waals surface area (Å²) in [5.74, 6) is -0.301. The number of hydrogen-bond acceptors (Lipinski definition) is 6. The van der Waals surface area contributed by atoms with Crippen molar-refractivity contribution in [3.63, 3.8) is 0 Å². The highest BCUT2D eigenvalue weighted by molar-refractivity contribution is 7.88. The van der Waals surface area contributed by atoms with Gasteiger partial charge in [-0.1, -0.05) is 35.9 Å². The van der Waals surface area contributed by atoms with Crippen LogP contribution in [-0.4, -0.2) is 25.4 Å². The average molecular weight is 484 g/mol. The van der Waals surface area contributed by atoms with Crippen LogP contribution in [0.5, 0.6) is 0 Å². The van der Waals surface area contributed by atoms with Gasteiger partial charge in [0.15, 0.2) is 0 Å². The quantitative estimate of drug-likeness (QED) is 0.477. The molecule has 2 N–H and O–H groups in total. The fourth-order valence-electron chi connectivity index (χ4n) is 2.83. The fraction of sp³-hybridized carbons (Fsp3) is 0.300. The zero-order valence-electron chi connectivity index (χ0n) is 16.5. The summed E-state index contributed by atoms with van der Waals surface area (Å²) in [6, 6.07) is 10.8. The van der Waals surface area contributed by atoms with E-state index in [1.807, 2.05) is 29.6 Å². The SMILES string of the molecule is CC(C)NS(=O)(=O)Cc1ccccc1CNC(=O)Cc1csc(-c2ccc(Cl)s2)n1. The smallest absolute Gasteiger partial charge is 0.226 e. The van der Waals surface area contributed by atoms with Gasteiger partial charge in [0.05, 0.1) is 27.1 Å². The molecule has 2 aromatic heterocycles. The van der Waals surface area contributed by atoms with Gasteiger partial charge in [0.2, 0.25) is 15.9 Å². The predicted molar refractivity (Wildman–Crippen MR) is 123 cm³/mol. The molecule has 30 heavy (non-hydrogen) atoms. The minimum Gasteiger partial charge on any atom is -0.352 e. The molecule has 0 saturated carbocycles. The van der Waals surface area contributed by atoms with Crippen LogP contribution in [0.4, 0.5) is 0 Å². The number of nitrogens with one attached hydrogen (secondary N) is 2. The van der Waals surface area contributed by atoms with Crippen molar-refractivity contribution in [3.05, 3.63) is 62.9 Å². The molecule has 2 heterocycles. The number of benzene rings is 1. The van der Waals surface area contributed by atoms with Gasteiger partial charge in [-0.25, -0.2) is 18.1 Å². The summed E-state index contributed by atoms with van der Waals surface area (Å²) in [5.41, 5.74) is 2.12. The Labute approximate surface area is 189 Å². The van der Waals surface area contributed by atoms with Crippen molar-refractivity contribution in [2.75, 3.05) is 0 Å². The lowest BCUT2D eigenvalue weighted by Gasteiger charge is -2.13. The molecular weight excluding hydrogens is 462 g/mol. The van der Waals surface area contributed by atoms with Crippen molar-refractivity contribution >= 4 is 50.2 Å². The Morgan fingerprint density at radius 2 is 1.90 bits per heavy atom. The zero-order valence-corrected chi connectivity index (χ0v) is 19.7. The van der Waals surface area contributed by atoms with E-state index in [1.54, 1.807) is 26.0 Å². The van der Waals surface area contributed by atoms with Crippen LogP contribution in [0, 0.1) is 0 Å². The average Bonchev–Trinajstić information content (AvgIpc) is 3.28. The summed E-state index contributed by atoms with van der Waals surface area (Å²) in [6.07, 6.45) is 0.158. The molecule has 0 aliphatic heterocycles.